The van der Waals surface area contributed by atoms with Crippen molar-refractivity contribution in [2.24, 2.45) is 0 Å². The van der Waals surface area contributed by atoms with Crippen molar-refractivity contribution in [3.05, 3.63) is 67.9 Å². The fraction of sp³-hybridized carbons (Fsp3) is 0.143. The Morgan fingerprint density at radius 3 is 2.25 bits per heavy atom. The average molecular weight is 409 g/mol. The van der Waals surface area contributed by atoms with Gasteiger partial charge >= 0.3 is 0 Å². The van der Waals surface area contributed by atoms with Crippen molar-refractivity contribution in [1.29, 1.82) is 0 Å². The van der Waals surface area contributed by atoms with Crippen LogP contribution in [0.25, 0.3) is 0 Å². The molecule has 106 valence electrons. The highest BCUT2D eigenvalue weighted by molar-refractivity contribution is 9.10. The van der Waals surface area contributed by atoms with Crippen molar-refractivity contribution in [3.8, 4) is 0 Å². The maximum Gasteiger partial charge on any atom is 0.145 e. The van der Waals surface area contributed by atoms with Crippen molar-refractivity contribution < 1.29 is 13.2 Å². The van der Waals surface area contributed by atoms with Crippen LogP contribution in [-0.4, -0.2) is 7.05 Å². The Bertz CT molecular complexity index is 647. The third-order valence-electron chi connectivity index (χ3n) is 2.95. The SMILES string of the molecule is CNC(c1cccc(Br)c1F)c1c(F)ccc(Br)c1F. The fourth-order valence-corrected chi connectivity index (χ4v) is 2.73. The van der Waals surface area contributed by atoms with Crippen molar-refractivity contribution in [2.45, 2.75) is 6.04 Å². The van der Waals surface area contributed by atoms with Crippen molar-refractivity contribution >= 4 is 31.9 Å². The van der Waals surface area contributed by atoms with Crippen LogP contribution in [0.2, 0.25) is 0 Å². The Balaban J connectivity index is 2.65. The van der Waals surface area contributed by atoms with Gasteiger partial charge in [-0.05, 0) is 57.1 Å². The van der Waals surface area contributed by atoms with Gasteiger partial charge in [0.2, 0.25) is 0 Å². The van der Waals surface area contributed by atoms with Gasteiger partial charge in [-0.15, -0.1) is 0 Å². The third-order valence-corrected chi connectivity index (χ3v) is 4.17. The van der Waals surface area contributed by atoms with E-state index in [4.69, 9.17) is 0 Å². The number of halogens is 5. The number of benzene rings is 2. The predicted octanol–water partition coefficient (Wildman–Crippen LogP) is 4.94. The molecule has 0 saturated carbocycles. The summed E-state index contributed by atoms with van der Waals surface area (Å²) in [4.78, 5) is 0. The number of rotatable bonds is 3. The topological polar surface area (TPSA) is 12.0 Å². The maximum absolute atomic E-state index is 14.2. The van der Waals surface area contributed by atoms with Crippen LogP contribution in [0, 0.1) is 17.5 Å². The van der Waals surface area contributed by atoms with Gasteiger partial charge in [0.15, 0.2) is 0 Å². The molecule has 6 heteroatoms. The van der Waals surface area contributed by atoms with E-state index in [1.807, 2.05) is 0 Å². The molecule has 0 fully saturated rings. The minimum atomic E-state index is -0.926. The molecule has 0 amide bonds. The quantitative estimate of drug-likeness (QED) is 0.709. The summed E-state index contributed by atoms with van der Waals surface area (Å²) in [6.07, 6.45) is 0. The van der Waals surface area contributed by atoms with Gasteiger partial charge in [-0.2, -0.15) is 0 Å². The van der Waals surface area contributed by atoms with Gasteiger partial charge in [-0.3, -0.25) is 0 Å². The first kappa shape index (κ1) is 15.5. The van der Waals surface area contributed by atoms with Gasteiger partial charge in [0.1, 0.15) is 17.5 Å². The normalized spacial score (nSPS) is 12.5. The second-order valence-corrected chi connectivity index (χ2v) is 5.83. The lowest BCUT2D eigenvalue weighted by Crippen LogP contribution is -2.22. The van der Waals surface area contributed by atoms with Crippen LogP contribution in [0.5, 0.6) is 0 Å². The first-order valence-corrected chi connectivity index (χ1v) is 7.30. The smallest absolute Gasteiger partial charge is 0.145 e. The van der Waals surface area contributed by atoms with Gasteiger partial charge in [0, 0.05) is 11.1 Å². The molecule has 0 aliphatic heterocycles. The van der Waals surface area contributed by atoms with Crippen molar-refractivity contribution in [3.63, 3.8) is 0 Å². The zero-order valence-electron chi connectivity index (χ0n) is 10.4. The molecule has 1 nitrogen and oxygen atoms in total. The lowest BCUT2D eigenvalue weighted by Gasteiger charge is -2.20. The van der Waals surface area contributed by atoms with E-state index in [0.717, 1.165) is 6.07 Å². The molecule has 0 heterocycles. The zero-order valence-corrected chi connectivity index (χ0v) is 13.5. The summed E-state index contributed by atoms with van der Waals surface area (Å²) in [6, 6.07) is 6.12. The number of hydrogen-bond acceptors (Lipinski definition) is 1. The van der Waals surface area contributed by atoms with E-state index in [9.17, 15) is 13.2 Å². The molecule has 1 atom stereocenters. The van der Waals surface area contributed by atoms with E-state index < -0.39 is 23.5 Å². The molecule has 2 aromatic rings. The van der Waals surface area contributed by atoms with Gasteiger partial charge < -0.3 is 5.32 Å². The van der Waals surface area contributed by atoms with E-state index in [1.54, 1.807) is 6.07 Å². The Kier molecular flexibility index (Phi) is 4.88. The molecule has 2 rings (SSSR count). The first-order chi connectivity index (χ1) is 9.47. The minimum Gasteiger partial charge on any atom is -0.309 e. The Labute approximate surface area is 131 Å². The van der Waals surface area contributed by atoms with Gasteiger partial charge in [-0.1, -0.05) is 12.1 Å². The predicted molar refractivity (Wildman–Crippen MR) is 79.1 cm³/mol. The number of nitrogens with one attached hydrogen (secondary N) is 1. The number of hydrogen-bond donors (Lipinski definition) is 1. The Hall–Kier alpha value is -0.850. The van der Waals surface area contributed by atoms with E-state index >= 15 is 0 Å². The van der Waals surface area contributed by atoms with Crippen LogP contribution in [0.3, 0.4) is 0 Å². The molecule has 20 heavy (non-hydrogen) atoms. The fourth-order valence-electron chi connectivity index (χ4n) is 2.01. The zero-order chi connectivity index (χ0) is 14.9. The molecule has 2 aromatic carbocycles. The van der Waals surface area contributed by atoms with Crippen LogP contribution in [0.4, 0.5) is 13.2 Å². The summed E-state index contributed by atoms with van der Waals surface area (Å²) in [5, 5.41) is 2.75. The first-order valence-electron chi connectivity index (χ1n) is 5.72. The summed E-state index contributed by atoms with van der Waals surface area (Å²) in [5.41, 5.74) is -0.0587. The summed E-state index contributed by atoms with van der Waals surface area (Å²) in [7, 11) is 1.52. The highest BCUT2D eigenvalue weighted by Gasteiger charge is 2.25. The third kappa shape index (κ3) is 2.77. The summed E-state index contributed by atoms with van der Waals surface area (Å²) < 4.78 is 42.6. The largest absolute Gasteiger partial charge is 0.309 e. The van der Waals surface area contributed by atoms with Crippen LogP contribution >= 0.6 is 31.9 Å². The van der Waals surface area contributed by atoms with Crippen molar-refractivity contribution in [2.75, 3.05) is 7.05 Å². The lowest BCUT2D eigenvalue weighted by molar-refractivity contribution is 0.504. The van der Waals surface area contributed by atoms with E-state index in [2.05, 4.69) is 37.2 Å². The van der Waals surface area contributed by atoms with Crippen LogP contribution in [-0.2, 0) is 0 Å². The molecule has 0 saturated heterocycles. The molecule has 0 aliphatic carbocycles. The highest BCUT2D eigenvalue weighted by atomic mass is 79.9. The monoisotopic (exact) mass is 407 g/mol. The van der Waals surface area contributed by atoms with Gasteiger partial charge in [0.25, 0.3) is 0 Å². The van der Waals surface area contributed by atoms with E-state index in [1.165, 1.54) is 25.2 Å². The van der Waals surface area contributed by atoms with Gasteiger partial charge in [-0.25, -0.2) is 13.2 Å². The Morgan fingerprint density at radius 1 is 0.950 bits per heavy atom. The summed E-state index contributed by atoms with van der Waals surface area (Å²) in [6.45, 7) is 0. The summed E-state index contributed by atoms with van der Waals surface area (Å²) in [5.74, 6) is -2.03. The highest BCUT2D eigenvalue weighted by Crippen LogP contribution is 2.33. The van der Waals surface area contributed by atoms with Crippen LogP contribution in [0.15, 0.2) is 39.3 Å². The van der Waals surface area contributed by atoms with Gasteiger partial charge in [0.05, 0.1) is 15.0 Å². The molecule has 0 aromatic heterocycles. The van der Waals surface area contributed by atoms with Crippen LogP contribution < -0.4 is 5.32 Å². The molecule has 0 radical (unpaired) electrons. The second-order valence-electron chi connectivity index (χ2n) is 4.12. The lowest BCUT2D eigenvalue weighted by atomic mass is 9.97. The second kappa shape index (κ2) is 6.28. The standard InChI is InChI=1S/C14H10Br2F3N/c1-20-14(7-3-2-4-8(15)12(7)18)11-10(17)6-5-9(16)13(11)19/h2-6,14,20H,1H3. The molecular formula is C14H10Br2F3N. The minimum absolute atomic E-state index is 0.129. The molecular weight excluding hydrogens is 399 g/mol. The van der Waals surface area contributed by atoms with Crippen LogP contribution in [0.1, 0.15) is 17.2 Å². The van der Waals surface area contributed by atoms with E-state index in [0.29, 0.717) is 0 Å². The molecule has 0 aliphatic rings. The molecule has 1 N–H and O–H groups in total. The van der Waals surface area contributed by atoms with E-state index in [-0.39, 0.29) is 20.1 Å². The maximum atomic E-state index is 14.2. The molecule has 0 spiro atoms. The summed E-state index contributed by atoms with van der Waals surface area (Å²) >= 11 is 6.08. The Morgan fingerprint density at radius 2 is 1.60 bits per heavy atom. The molecule has 1 unspecified atom stereocenters. The van der Waals surface area contributed by atoms with Crippen molar-refractivity contribution in [1.82, 2.24) is 5.32 Å². The average Bonchev–Trinajstić information content (AvgIpc) is 2.43. The molecule has 0 bridgehead atoms.